The Hall–Kier alpha value is -1.69. The standard InChI is InChI=1S/C18H25N3O2S/c1-12(2)18-20-16(23-21-18)10-9-15(22)19-17(13-6-3-4-7-13)14-8-5-11-24-14/h5,8,11-13,17H,3-4,6-7,9-10H2,1-2H3,(H,19,22). The molecule has 1 aliphatic carbocycles. The average molecular weight is 347 g/mol. The van der Waals surface area contributed by atoms with Gasteiger partial charge >= 0.3 is 0 Å². The van der Waals surface area contributed by atoms with Gasteiger partial charge in [-0.25, -0.2) is 0 Å². The number of hydrogen-bond acceptors (Lipinski definition) is 5. The van der Waals surface area contributed by atoms with Crippen LogP contribution in [0.4, 0.5) is 0 Å². The number of carbonyl (C=O) groups excluding carboxylic acids is 1. The summed E-state index contributed by atoms with van der Waals surface area (Å²) >= 11 is 1.73. The van der Waals surface area contributed by atoms with Gasteiger partial charge in [0.1, 0.15) is 0 Å². The number of aromatic nitrogens is 2. The van der Waals surface area contributed by atoms with Crippen LogP contribution in [-0.4, -0.2) is 16.0 Å². The second-order valence-electron chi connectivity index (χ2n) is 6.81. The fourth-order valence-electron chi connectivity index (χ4n) is 3.25. The van der Waals surface area contributed by atoms with Gasteiger partial charge in [-0.15, -0.1) is 11.3 Å². The fourth-order valence-corrected chi connectivity index (χ4v) is 4.12. The van der Waals surface area contributed by atoms with E-state index in [1.807, 2.05) is 13.8 Å². The summed E-state index contributed by atoms with van der Waals surface area (Å²) in [4.78, 5) is 18.0. The molecule has 1 saturated carbocycles. The lowest BCUT2D eigenvalue weighted by atomic mass is 9.96. The largest absolute Gasteiger partial charge is 0.348 e. The van der Waals surface area contributed by atoms with Gasteiger partial charge < -0.3 is 9.84 Å². The van der Waals surface area contributed by atoms with Gasteiger partial charge in [0.15, 0.2) is 5.82 Å². The van der Waals surface area contributed by atoms with Gasteiger partial charge in [0.05, 0.1) is 6.04 Å². The zero-order valence-electron chi connectivity index (χ0n) is 14.3. The smallest absolute Gasteiger partial charge is 0.227 e. The molecule has 6 heteroatoms. The Morgan fingerprint density at radius 1 is 1.42 bits per heavy atom. The average Bonchev–Trinajstić information content (AvgIpc) is 3.33. The Kier molecular flexibility index (Phi) is 5.66. The zero-order chi connectivity index (χ0) is 16.9. The molecule has 0 bridgehead atoms. The molecule has 24 heavy (non-hydrogen) atoms. The van der Waals surface area contributed by atoms with E-state index in [4.69, 9.17) is 4.52 Å². The van der Waals surface area contributed by atoms with Crippen molar-refractivity contribution in [3.8, 4) is 0 Å². The van der Waals surface area contributed by atoms with Gasteiger partial charge in [0.2, 0.25) is 11.8 Å². The number of carbonyl (C=O) groups is 1. The molecule has 2 aromatic rings. The van der Waals surface area contributed by atoms with Crippen LogP contribution in [0.2, 0.25) is 0 Å². The highest BCUT2D eigenvalue weighted by Crippen LogP contribution is 2.37. The number of thiophene rings is 1. The zero-order valence-corrected chi connectivity index (χ0v) is 15.1. The van der Waals surface area contributed by atoms with Gasteiger partial charge in [0, 0.05) is 23.6 Å². The van der Waals surface area contributed by atoms with Crippen LogP contribution in [0.3, 0.4) is 0 Å². The molecule has 130 valence electrons. The molecule has 1 N–H and O–H groups in total. The van der Waals surface area contributed by atoms with Crippen LogP contribution in [0.25, 0.3) is 0 Å². The van der Waals surface area contributed by atoms with Crippen molar-refractivity contribution in [1.82, 2.24) is 15.5 Å². The first-order valence-corrected chi connectivity index (χ1v) is 9.66. The summed E-state index contributed by atoms with van der Waals surface area (Å²) in [5.74, 6) is 2.10. The maximum absolute atomic E-state index is 12.4. The van der Waals surface area contributed by atoms with Crippen molar-refractivity contribution >= 4 is 17.2 Å². The molecule has 2 aromatic heterocycles. The van der Waals surface area contributed by atoms with Gasteiger partial charge in [-0.05, 0) is 30.2 Å². The van der Waals surface area contributed by atoms with Crippen molar-refractivity contribution in [2.24, 2.45) is 5.92 Å². The third-order valence-electron chi connectivity index (χ3n) is 4.60. The minimum Gasteiger partial charge on any atom is -0.348 e. The van der Waals surface area contributed by atoms with Crippen molar-refractivity contribution in [2.75, 3.05) is 0 Å². The summed E-state index contributed by atoms with van der Waals surface area (Å²) in [7, 11) is 0. The van der Waals surface area contributed by atoms with Crippen LogP contribution in [0.1, 0.15) is 74.5 Å². The molecule has 0 aromatic carbocycles. The SMILES string of the molecule is CC(C)c1noc(CCC(=O)NC(c2cccs2)C2CCCC2)n1. The quantitative estimate of drug-likeness (QED) is 0.813. The highest BCUT2D eigenvalue weighted by Gasteiger charge is 2.28. The summed E-state index contributed by atoms with van der Waals surface area (Å²) in [6.45, 7) is 4.04. The Morgan fingerprint density at radius 3 is 2.83 bits per heavy atom. The highest BCUT2D eigenvalue weighted by atomic mass is 32.1. The summed E-state index contributed by atoms with van der Waals surface area (Å²) in [5.41, 5.74) is 0. The number of nitrogens with one attached hydrogen (secondary N) is 1. The molecule has 0 spiro atoms. The number of rotatable bonds is 7. The molecule has 5 nitrogen and oxygen atoms in total. The van der Waals surface area contributed by atoms with Crippen molar-refractivity contribution in [2.45, 2.75) is 64.3 Å². The van der Waals surface area contributed by atoms with Crippen molar-refractivity contribution in [1.29, 1.82) is 0 Å². The first-order valence-electron chi connectivity index (χ1n) is 8.78. The lowest BCUT2D eigenvalue weighted by Crippen LogP contribution is -2.32. The van der Waals surface area contributed by atoms with E-state index >= 15 is 0 Å². The van der Waals surface area contributed by atoms with Crippen molar-refractivity contribution < 1.29 is 9.32 Å². The predicted octanol–water partition coefficient (Wildman–Crippen LogP) is 4.23. The van der Waals surface area contributed by atoms with Crippen LogP contribution in [0.15, 0.2) is 22.0 Å². The maximum atomic E-state index is 12.4. The first kappa shape index (κ1) is 17.1. The summed E-state index contributed by atoms with van der Waals surface area (Å²) in [6, 6.07) is 4.33. The minimum absolute atomic E-state index is 0.0598. The lowest BCUT2D eigenvalue weighted by molar-refractivity contribution is -0.122. The third-order valence-corrected chi connectivity index (χ3v) is 5.56. The molecule has 3 rings (SSSR count). The second-order valence-corrected chi connectivity index (χ2v) is 7.79. The number of hydrogen-bond donors (Lipinski definition) is 1. The van der Waals surface area contributed by atoms with Gasteiger partial charge in [-0.1, -0.05) is 37.9 Å². The van der Waals surface area contributed by atoms with Crippen LogP contribution < -0.4 is 5.32 Å². The van der Waals surface area contributed by atoms with E-state index in [0.29, 0.717) is 30.5 Å². The van der Waals surface area contributed by atoms with Crippen LogP contribution >= 0.6 is 11.3 Å². The highest BCUT2D eigenvalue weighted by molar-refractivity contribution is 7.10. The van der Waals surface area contributed by atoms with E-state index in [9.17, 15) is 4.79 Å². The number of amides is 1. The molecule has 0 saturated heterocycles. The summed E-state index contributed by atoms with van der Waals surface area (Å²) in [5, 5.41) is 9.26. The van der Waals surface area contributed by atoms with Crippen LogP contribution in [0.5, 0.6) is 0 Å². The van der Waals surface area contributed by atoms with Crippen LogP contribution in [-0.2, 0) is 11.2 Å². The molecular weight excluding hydrogens is 322 g/mol. The Labute approximate surface area is 146 Å². The van der Waals surface area contributed by atoms with Gasteiger partial charge in [-0.2, -0.15) is 4.98 Å². The monoisotopic (exact) mass is 347 g/mol. The van der Waals surface area contributed by atoms with E-state index in [0.717, 1.165) is 0 Å². The van der Waals surface area contributed by atoms with Crippen molar-refractivity contribution in [3.05, 3.63) is 34.1 Å². The number of nitrogens with zero attached hydrogens (tertiary/aromatic N) is 2. The van der Waals surface area contributed by atoms with E-state index < -0.39 is 0 Å². The van der Waals surface area contributed by atoms with Gasteiger partial charge in [0.25, 0.3) is 0 Å². The molecule has 1 fully saturated rings. The van der Waals surface area contributed by atoms with E-state index in [2.05, 4.69) is 33.0 Å². The lowest BCUT2D eigenvalue weighted by Gasteiger charge is -2.23. The number of aryl methyl sites for hydroxylation is 1. The van der Waals surface area contributed by atoms with Gasteiger partial charge in [-0.3, -0.25) is 4.79 Å². The summed E-state index contributed by atoms with van der Waals surface area (Å²) in [6.07, 6.45) is 5.81. The van der Waals surface area contributed by atoms with E-state index in [1.165, 1.54) is 30.6 Å². The molecule has 1 aliphatic rings. The molecule has 0 aliphatic heterocycles. The maximum Gasteiger partial charge on any atom is 0.227 e. The Bertz CT molecular complexity index is 645. The molecule has 0 radical (unpaired) electrons. The fraction of sp³-hybridized carbons (Fsp3) is 0.611. The normalized spacial score (nSPS) is 16.6. The topological polar surface area (TPSA) is 68.0 Å². The summed E-state index contributed by atoms with van der Waals surface area (Å²) < 4.78 is 5.21. The van der Waals surface area contributed by atoms with Crippen LogP contribution in [0, 0.1) is 5.92 Å². The van der Waals surface area contributed by atoms with E-state index in [1.54, 1.807) is 11.3 Å². The Balaban J connectivity index is 1.57. The van der Waals surface area contributed by atoms with Crippen molar-refractivity contribution in [3.63, 3.8) is 0 Å². The minimum atomic E-state index is 0.0598. The molecule has 1 unspecified atom stereocenters. The predicted molar refractivity (Wildman–Crippen MR) is 93.9 cm³/mol. The first-order chi connectivity index (χ1) is 11.6. The van der Waals surface area contributed by atoms with E-state index in [-0.39, 0.29) is 17.9 Å². The molecule has 1 amide bonds. The molecule has 1 atom stereocenters. The molecular formula is C18H25N3O2S. The molecule has 2 heterocycles. The third kappa shape index (κ3) is 4.23. The second kappa shape index (κ2) is 7.92. The Morgan fingerprint density at radius 2 is 2.21 bits per heavy atom.